The lowest BCUT2D eigenvalue weighted by molar-refractivity contribution is 0.102. The summed E-state index contributed by atoms with van der Waals surface area (Å²) in [7, 11) is -3.66. The van der Waals surface area contributed by atoms with Gasteiger partial charge in [0.2, 0.25) is 15.7 Å². The molecule has 10 heteroatoms. The third-order valence-corrected chi connectivity index (χ3v) is 7.05. The van der Waals surface area contributed by atoms with E-state index in [9.17, 15) is 13.2 Å². The maximum atomic E-state index is 12.8. The molecular weight excluding hydrogens is 476 g/mol. The van der Waals surface area contributed by atoms with E-state index in [-0.39, 0.29) is 10.8 Å². The van der Waals surface area contributed by atoms with Gasteiger partial charge in [-0.05, 0) is 60.5 Å². The number of hydrogen-bond acceptors (Lipinski definition) is 6. The zero-order valence-corrected chi connectivity index (χ0v) is 19.9. The summed E-state index contributed by atoms with van der Waals surface area (Å²) in [5.74, 6) is -0.323. The molecule has 0 saturated carbocycles. The second kappa shape index (κ2) is 10.1. The molecule has 3 N–H and O–H groups in total. The number of pyridine rings is 1. The lowest BCUT2D eigenvalue weighted by Gasteiger charge is -2.09. The van der Waals surface area contributed by atoms with Crippen molar-refractivity contribution in [2.24, 2.45) is 0 Å². The molecule has 2 heterocycles. The number of benzene rings is 3. The number of carbonyl (C=O) groups excluding carboxylic acids is 1. The van der Waals surface area contributed by atoms with Gasteiger partial charge in [-0.15, -0.1) is 5.10 Å². The number of rotatable bonds is 8. The van der Waals surface area contributed by atoms with Gasteiger partial charge in [-0.1, -0.05) is 42.5 Å². The molecule has 5 aromatic rings. The average Bonchev–Trinajstić information content (AvgIpc) is 3.38. The van der Waals surface area contributed by atoms with Crippen LogP contribution in [0.15, 0.2) is 95.9 Å². The number of H-pyrrole nitrogens is 1. The van der Waals surface area contributed by atoms with Crippen molar-refractivity contribution in [1.82, 2.24) is 25.1 Å². The fourth-order valence-corrected chi connectivity index (χ4v) is 4.73. The van der Waals surface area contributed by atoms with Crippen LogP contribution in [-0.4, -0.2) is 41.3 Å². The number of hydrogen-bond donors (Lipinski definition) is 3. The van der Waals surface area contributed by atoms with Gasteiger partial charge in [-0.2, -0.15) is 10.3 Å². The normalized spacial score (nSPS) is 11.4. The molecule has 0 aliphatic carbocycles. The molecule has 0 atom stereocenters. The molecule has 0 spiro atoms. The highest BCUT2D eigenvalue weighted by Crippen LogP contribution is 2.21. The van der Waals surface area contributed by atoms with Gasteiger partial charge in [0.05, 0.1) is 10.6 Å². The molecule has 0 fully saturated rings. The molecular formula is C26H22N6O3S. The Hall–Kier alpha value is -4.41. The van der Waals surface area contributed by atoms with Crippen LogP contribution in [0.5, 0.6) is 0 Å². The van der Waals surface area contributed by atoms with Crippen LogP contribution in [0.2, 0.25) is 0 Å². The van der Waals surface area contributed by atoms with Crippen molar-refractivity contribution in [2.75, 3.05) is 11.9 Å². The summed E-state index contributed by atoms with van der Waals surface area (Å²) in [6.45, 7) is 0.291. The van der Waals surface area contributed by atoms with E-state index in [1.54, 1.807) is 36.4 Å². The third kappa shape index (κ3) is 5.29. The number of amides is 1. The van der Waals surface area contributed by atoms with Gasteiger partial charge in [0.25, 0.3) is 5.91 Å². The monoisotopic (exact) mass is 498 g/mol. The lowest BCUT2D eigenvalue weighted by Crippen LogP contribution is -2.26. The second-order valence-electron chi connectivity index (χ2n) is 8.06. The SMILES string of the molecule is O=C(Nc1ccc(S(=O)(=O)NCCc2ccccc2)cc1)c1cccc(-c2ccc3n[nH]nc3n2)c1. The Morgan fingerprint density at radius 2 is 1.67 bits per heavy atom. The van der Waals surface area contributed by atoms with E-state index in [4.69, 9.17) is 0 Å². The molecule has 0 aliphatic rings. The molecule has 2 aromatic heterocycles. The number of nitrogens with one attached hydrogen (secondary N) is 3. The van der Waals surface area contributed by atoms with Crippen molar-refractivity contribution in [1.29, 1.82) is 0 Å². The largest absolute Gasteiger partial charge is 0.322 e. The van der Waals surface area contributed by atoms with Gasteiger partial charge >= 0.3 is 0 Å². The Balaban J connectivity index is 1.23. The third-order valence-electron chi connectivity index (χ3n) is 5.57. The molecule has 0 unspecified atom stereocenters. The van der Waals surface area contributed by atoms with E-state index < -0.39 is 10.0 Å². The summed E-state index contributed by atoms with van der Waals surface area (Å²) in [6, 6.07) is 26.4. The van der Waals surface area contributed by atoms with E-state index in [1.807, 2.05) is 42.5 Å². The first-order chi connectivity index (χ1) is 17.5. The highest BCUT2D eigenvalue weighted by Gasteiger charge is 2.14. The van der Waals surface area contributed by atoms with Crippen LogP contribution in [0.3, 0.4) is 0 Å². The van der Waals surface area contributed by atoms with Crippen molar-refractivity contribution in [3.05, 3.63) is 102 Å². The number of nitrogens with zero attached hydrogens (tertiary/aromatic N) is 3. The summed E-state index contributed by atoms with van der Waals surface area (Å²) in [5.41, 5.74) is 4.55. The van der Waals surface area contributed by atoms with Crippen LogP contribution in [-0.2, 0) is 16.4 Å². The van der Waals surface area contributed by atoms with E-state index >= 15 is 0 Å². The first kappa shape index (κ1) is 23.3. The van der Waals surface area contributed by atoms with E-state index in [2.05, 4.69) is 30.4 Å². The van der Waals surface area contributed by atoms with Crippen molar-refractivity contribution in [3.63, 3.8) is 0 Å². The number of aromatic amines is 1. The highest BCUT2D eigenvalue weighted by molar-refractivity contribution is 7.89. The zero-order chi connectivity index (χ0) is 25.0. The Morgan fingerprint density at radius 3 is 2.47 bits per heavy atom. The molecule has 1 amide bonds. The van der Waals surface area contributed by atoms with Gasteiger partial charge in [-0.3, -0.25) is 4.79 Å². The number of anilines is 1. The summed E-state index contributed by atoms with van der Waals surface area (Å²) < 4.78 is 27.8. The number of fused-ring (bicyclic) bond motifs is 1. The quantitative estimate of drug-likeness (QED) is 0.298. The molecule has 36 heavy (non-hydrogen) atoms. The van der Waals surface area contributed by atoms with E-state index in [0.717, 1.165) is 11.1 Å². The molecule has 5 rings (SSSR count). The molecule has 0 aliphatic heterocycles. The Bertz CT molecular complexity index is 1620. The summed E-state index contributed by atoms with van der Waals surface area (Å²) in [6.07, 6.45) is 0.593. The van der Waals surface area contributed by atoms with Gasteiger partial charge in [-0.25, -0.2) is 18.1 Å². The second-order valence-corrected chi connectivity index (χ2v) is 9.82. The van der Waals surface area contributed by atoms with Crippen LogP contribution in [0.1, 0.15) is 15.9 Å². The van der Waals surface area contributed by atoms with Crippen molar-refractivity contribution >= 4 is 32.8 Å². The molecule has 0 bridgehead atoms. The summed E-state index contributed by atoms with van der Waals surface area (Å²) >= 11 is 0. The average molecular weight is 499 g/mol. The molecule has 0 radical (unpaired) electrons. The molecule has 180 valence electrons. The lowest BCUT2D eigenvalue weighted by atomic mass is 10.1. The van der Waals surface area contributed by atoms with Crippen LogP contribution < -0.4 is 10.0 Å². The minimum absolute atomic E-state index is 0.130. The maximum absolute atomic E-state index is 12.8. The number of carbonyl (C=O) groups is 1. The predicted octanol–water partition coefficient (Wildman–Crippen LogP) is 3.79. The van der Waals surface area contributed by atoms with Crippen molar-refractivity contribution < 1.29 is 13.2 Å². The Labute approximate surface area is 207 Å². The van der Waals surface area contributed by atoms with Gasteiger partial charge in [0.15, 0.2) is 0 Å². The van der Waals surface area contributed by atoms with Crippen molar-refractivity contribution in [3.8, 4) is 11.3 Å². The minimum atomic E-state index is -3.66. The Morgan fingerprint density at radius 1 is 0.861 bits per heavy atom. The van der Waals surface area contributed by atoms with Crippen LogP contribution in [0.4, 0.5) is 5.69 Å². The van der Waals surface area contributed by atoms with E-state index in [1.165, 1.54) is 12.1 Å². The van der Waals surface area contributed by atoms with Crippen LogP contribution >= 0.6 is 0 Å². The smallest absolute Gasteiger partial charge is 0.255 e. The number of sulfonamides is 1. The zero-order valence-electron chi connectivity index (χ0n) is 19.0. The van der Waals surface area contributed by atoms with Gasteiger partial charge in [0, 0.05) is 23.4 Å². The first-order valence-electron chi connectivity index (χ1n) is 11.2. The fourth-order valence-electron chi connectivity index (χ4n) is 3.70. The fraction of sp³-hybridized carbons (Fsp3) is 0.0769. The van der Waals surface area contributed by atoms with Gasteiger partial charge < -0.3 is 5.32 Å². The predicted molar refractivity (Wildman–Crippen MR) is 137 cm³/mol. The topological polar surface area (TPSA) is 130 Å². The highest BCUT2D eigenvalue weighted by atomic mass is 32.2. The molecule has 9 nitrogen and oxygen atoms in total. The van der Waals surface area contributed by atoms with Crippen molar-refractivity contribution in [2.45, 2.75) is 11.3 Å². The molecule has 3 aromatic carbocycles. The van der Waals surface area contributed by atoms with E-state index in [0.29, 0.717) is 41.1 Å². The minimum Gasteiger partial charge on any atom is -0.322 e. The molecule has 0 saturated heterocycles. The summed E-state index contributed by atoms with van der Waals surface area (Å²) in [5, 5.41) is 13.3. The number of aromatic nitrogens is 4. The Kier molecular flexibility index (Phi) is 6.52. The standard InChI is InChI=1S/C26H22N6O3S/c33-26(20-8-4-7-19(17-20)23-13-14-24-25(29-23)31-32-30-24)28-21-9-11-22(12-10-21)36(34,35)27-16-15-18-5-2-1-3-6-18/h1-14,17,27H,15-16H2,(H,28,33)(H,29,30,31,32). The van der Waals surface area contributed by atoms with Crippen LogP contribution in [0, 0.1) is 0 Å². The first-order valence-corrected chi connectivity index (χ1v) is 12.7. The maximum Gasteiger partial charge on any atom is 0.255 e. The van der Waals surface area contributed by atoms with Crippen LogP contribution in [0.25, 0.3) is 22.4 Å². The van der Waals surface area contributed by atoms with Gasteiger partial charge in [0.1, 0.15) is 5.52 Å². The summed E-state index contributed by atoms with van der Waals surface area (Å²) in [4.78, 5) is 17.4.